The van der Waals surface area contributed by atoms with Gasteiger partial charge >= 0.3 is 23.9 Å². The summed E-state index contributed by atoms with van der Waals surface area (Å²) >= 11 is 0. The minimum Gasteiger partial charge on any atom is -0.460 e. The molecule has 0 bridgehead atoms. The lowest BCUT2D eigenvalue weighted by Gasteiger charge is -2.21. The van der Waals surface area contributed by atoms with Crippen LogP contribution in [0.2, 0.25) is 0 Å². The van der Waals surface area contributed by atoms with Gasteiger partial charge in [-0.1, -0.05) is 12.8 Å². The molecule has 0 saturated heterocycles. The van der Waals surface area contributed by atoms with Gasteiger partial charge < -0.3 is 18.9 Å². The second-order valence-electron chi connectivity index (χ2n) is 8.03. The van der Waals surface area contributed by atoms with Gasteiger partial charge in [0.1, 0.15) is 12.2 Å². The van der Waals surface area contributed by atoms with E-state index >= 15 is 0 Å². The van der Waals surface area contributed by atoms with Crippen molar-refractivity contribution < 1.29 is 38.1 Å². The average molecular weight is 427 g/mol. The minimum absolute atomic E-state index is 0.0593. The van der Waals surface area contributed by atoms with Crippen LogP contribution in [-0.4, -0.2) is 49.3 Å². The third-order valence-corrected chi connectivity index (χ3v) is 5.41. The van der Waals surface area contributed by atoms with Crippen molar-refractivity contribution in [3.8, 4) is 0 Å². The van der Waals surface area contributed by atoms with E-state index < -0.39 is 23.9 Å². The van der Waals surface area contributed by atoms with Gasteiger partial charge in [-0.15, -0.1) is 0 Å². The van der Waals surface area contributed by atoms with E-state index in [-0.39, 0.29) is 38.3 Å². The molecular weight excluding hydrogens is 392 g/mol. The van der Waals surface area contributed by atoms with Crippen molar-refractivity contribution in [3.05, 3.63) is 0 Å². The second-order valence-corrected chi connectivity index (χ2v) is 8.03. The highest BCUT2D eigenvalue weighted by Crippen LogP contribution is 2.21. The van der Waals surface area contributed by atoms with Crippen LogP contribution >= 0.6 is 0 Å². The van der Waals surface area contributed by atoms with E-state index in [0.717, 1.165) is 51.4 Å². The van der Waals surface area contributed by atoms with Gasteiger partial charge in [-0.2, -0.15) is 0 Å². The SMILES string of the molecule is O=C(CCCCC(=O)OCC(=O)OC1CCCCC1)OCC(=O)OC1CCCCC1. The first kappa shape index (κ1) is 24.2. The maximum absolute atomic E-state index is 11.7. The minimum atomic E-state index is -0.515. The Balaban J connectivity index is 1.44. The summed E-state index contributed by atoms with van der Waals surface area (Å²) in [5.41, 5.74) is 0. The van der Waals surface area contributed by atoms with Crippen molar-refractivity contribution in [2.24, 2.45) is 0 Å². The average Bonchev–Trinajstić information content (AvgIpc) is 2.75. The fourth-order valence-electron chi connectivity index (χ4n) is 3.77. The lowest BCUT2D eigenvalue weighted by molar-refractivity contribution is -0.163. The summed E-state index contributed by atoms with van der Waals surface area (Å²) < 4.78 is 20.4. The summed E-state index contributed by atoms with van der Waals surface area (Å²) in [6, 6.07) is 0. The molecule has 30 heavy (non-hydrogen) atoms. The molecule has 0 N–H and O–H groups in total. The van der Waals surface area contributed by atoms with Crippen LogP contribution in [0.25, 0.3) is 0 Å². The fourth-order valence-corrected chi connectivity index (χ4v) is 3.77. The zero-order valence-electron chi connectivity index (χ0n) is 17.7. The molecule has 2 saturated carbocycles. The van der Waals surface area contributed by atoms with Gasteiger partial charge in [-0.25, -0.2) is 9.59 Å². The Morgan fingerprint density at radius 3 is 1.27 bits per heavy atom. The molecule has 0 radical (unpaired) electrons. The number of ether oxygens (including phenoxy) is 4. The summed E-state index contributed by atoms with van der Waals surface area (Å²) in [7, 11) is 0. The summed E-state index contributed by atoms with van der Waals surface area (Å²) in [5, 5.41) is 0. The molecule has 0 aromatic heterocycles. The summed E-state index contributed by atoms with van der Waals surface area (Å²) in [6.07, 6.45) is 11.0. The summed E-state index contributed by atoms with van der Waals surface area (Å²) in [4.78, 5) is 46.7. The maximum Gasteiger partial charge on any atom is 0.344 e. The quantitative estimate of drug-likeness (QED) is 0.281. The Labute approximate surface area is 177 Å². The normalized spacial score (nSPS) is 17.7. The number of hydrogen-bond acceptors (Lipinski definition) is 8. The largest absolute Gasteiger partial charge is 0.460 e. The van der Waals surface area contributed by atoms with Crippen LogP contribution < -0.4 is 0 Å². The molecule has 170 valence electrons. The second kappa shape index (κ2) is 14.0. The van der Waals surface area contributed by atoms with Crippen molar-refractivity contribution in [2.75, 3.05) is 13.2 Å². The molecule has 2 aliphatic carbocycles. The molecule has 0 aliphatic heterocycles. The molecular formula is C22H34O8. The topological polar surface area (TPSA) is 105 Å². The molecule has 0 aromatic carbocycles. The number of hydrogen-bond donors (Lipinski definition) is 0. The number of rotatable bonds is 11. The maximum atomic E-state index is 11.7. The van der Waals surface area contributed by atoms with Crippen LogP contribution in [0.4, 0.5) is 0 Å². The van der Waals surface area contributed by atoms with Crippen molar-refractivity contribution in [1.82, 2.24) is 0 Å². The molecule has 0 amide bonds. The molecule has 0 heterocycles. The first-order valence-electron chi connectivity index (χ1n) is 11.2. The molecule has 0 spiro atoms. The van der Waals surface area contributed by atoms with Crippen LogP contribution in [0.1, 0.15) is 89.9 Å². The zero-order chi connectivity index (χ0) is 21.6. The van der Waals surface area contributed by atoms with E-state index in [1.165, 1.54) is 12.8 Å². The summed E-state index contributed by atoms with van der Waals surface area (Å²) in [5.74, 6) is -2.03. The van der Waals surface area contributed by atoms with Crippen molar-refractivity contribution in [2.45, 2.75) is 102 Å². The molecule has 0 unspecified atom stereocenters. The molecule has 2 fully saturated rings. The molecule has 0 atom stereocenters. The monoisotopic (exact) mass is 426 g/mol. The van der Waals surface area contributed by atoms with Crippen LogP contribution in [0, 0.1) is 0 Å². The Hall–Kier alpha value is -2.12. The summed E-state index contributed by atoms with van der Waals surface area (Å²) in [6.45, 7) is -0.749. The van der Waals surface area contributed by atoms with Crippen LogP contribution in [0.3, 0.4) is 0 Å². The third-order valence-electron chi connectivity index (χ3n) is 5.41. The number of esters is 4. The lowest BCUT2D eigenvalue weighted by atomic mass is 9.98. The van der Waals surface area contributed by atoms with E-state index in [2.05, 4.69) is 0 Å². The molecule has 2 rings (SSSR count). The van der Waals surface area contributed by atoms with Crippen LogP contribution in [0.5, 0.6) is 0 Å². The third kappa shape index (κ3) is 10.6. The van der Waals surface area contributed by atoms with E-state index in [1.54, 1.807) is 0 Å². The van der Waals surface area contributed by atoms with Gasteiger partial charge in [0.05, 0.1) is 0 Å². The van der Waals surface area contributed by atoms with Gasteiger partial charge in [-0.05, 0) is 64.2 Å². The Morgan fingerprint density at radius 1 is 0.533 bits per heavy atom. The van der Waals surface area contributed by atoms with Crippen LogP contribution in [0.15, 0.2) is 0 Å². The van der Waals surface area contributed by atoms with Crippen molar-refractivity contribution >= 4 is 23.9 Å². The molecule has 8 heteroatoms. The van der Waals surface area contributed by atoms with E-state index in [9.17, 15) is 19.2 Å². The highest BCUT2D eigenvalue weighted by molar-refractivity contribution is 5.77. The molecule has 8 nitrogen and oxygen atoms in total. The Bertz CT molecular complexity index is 511. The van der Waals surface area contributed by atoms with E-state index in [4.69, 9.17) is 18.9 Å². The van der Waals surface area contributed by atoms with Gasteiger partial charge in [0.25, 0.3) is 0 Å². The highest BCUT2D eigenvalue weighted by Gasteiger charge is 2.20. The first-order valence-corrected chi connectivity index (χ1v) is 11.2. The standard InChI is InChI=1S/C22H34O8/c23-19(27-15-21(25)29-17-9-3-1-4-10-17)13-7-8-14-20(24)28-16-22(26)30-18-11-5-2-6-12-18/h17-18H,1-16H2. The van der Waals surface area contributed by atoms with Gasteiger partial charge in [0, 0.05) is 12.8 Å². The number of carbonyl (C=O) groups is 4. The fraction of sp³-hybridized carbons (Fsp3) is 0.818. The highest BCUT2D eigenvalue weighted by atomic mass is 16.6. The Kier molecular flexibility index (Phi) is 11.3. The van der Waals surface area contributed by atoms with Gasteiger partial charge in [-0.3, -0.25) is 9.59 Å². The zero-order valence-corrected chi connectivity index (χ0v) is 17.7. The van der Waals surface area contributed by atoms with Gasteiger partial charge in [0.15, 0.2) is 13.2 Å². The first-order chi connectivity index (χ1) is 14.5. The smallest absolute Gasteiger partial charge is 0.344 e. The van der Waals surface area contributed by atoms with Crippen LogP contribution in [-0.2, 0) is 38.1 Å². The van der Waals surface area contributed by atoms with Crippen molar-refractivity contribution in [1.29, 1.82) is 0 Å². The van der Waals surface area contributed by atoms with Gasteiger partial charge in [0.2, 0.25) is 0 Å². The predicted molar refractivity (Wildman–Crippen MR) is 106 cm³/mol. The Morgan fingerprint density at radius 2 is 0.900 bits per heavy atom. The number of unbranched alkanes of at least 4 members (excludes halogenated alkanes) is 1. The number of carbonyl (C=O) groups excluding carboxylic acids is 4. The van der Waals surface area contributed by atoms with E-state index in [0.29, 0.717) is 12.8 Å². The lowest BCUT2D eigenvalue weighted by Crippen LogP contribution is -2.25. The van der Waals surface area contributed by atoms with Crippen molar-refractivity contribution in [3.63, 3.8) is 0 Å². The molecule has 2 aliphatic rings. The predicted octanol–water partition coefficient (Wildman–Crippen LogP) is 3.39. The van der Waals surface area contributed by atoms with E-state index in [1.807, 2.05) is 0 Å². The molecule has 0 aromatic rings.